The van der Waals surface area contributed by atoms with Crippen LogP contribution >= 0.6 is 0 Å². The molecule has 1 aromatic rings. The first-order chi connectivity index (χ1) is 9.24. The number of aryl methyl sites for hydroxylation is 1. The molecule has 0 aromatic carbocycles. The van der Waals surface area contributed by atoms with Crippen molar-refractivity contribution in [1.82, 2.24) is 9.88 Å². The molecule has 1 unspecified atom stereocenters. The molecule has 2 rings (SSSR count). The van der Waals surface area contributed by atoms with E-state index in [1.54, 1.807) is 0 Å². The van der Waals surface area contributed by atoms with Crippen LogP contribution in [0.1, 0.15) is 25.5 Å². The van der Waals surface area contributed by atoms with Gasteiger partial charge in [0, 0.05) is 49.8 Å². The van der Waals surface area contributed by atoms with Crippen molar-refractivity contribution in [2.75, 3.05) is 37.6 Å². The molecule has 4 heteroatoms. The Morgan fingerprint density at radius 2 is 2.05 bits per heavy atom. The number of anilines is 1. The molecule has 1 aliphatic rings. The summed E-state index contributed by atoms with van der Waals surface area (Å²) in [4.78, 5) is 9.32. The van der Waals surface area contributed by atoms with Gasteiger partial charge >= 0.3 is 0 Å². The van der Waals surface area contributed by atoms with Gasteiger partial charge in [-0.15, -0.1) is 0 Å². The minimum Gasteiger partial charge on any atom is -0.369 e. The first-order valence-electron chi connectivity index (χ1n) is 7.36. The molecular weight excluding hydrogens is 236 g/mol. The molecular formula is C15H26N4. The fourth-order valence-electron chi connectivity index (χ4n) is 2.91. The van der Waals surface area contributed by atoms with Gasteiger partial charge in [0.1, 0.15) is 0 Å². The second kappa shape index (κ2) is 6.87. The van der Waals surface area contributed by atoms with Crippen LogP contribution in [0.5, 0.6) is 0 Å². The van der Waals surface area contributed by atoms with Crippen molar-refractivity contribution in [2.45, 2.75) is 32.7 Å². The molecule has 1 aromatic heterocycles. The molecule has 0 radical (unpaired) electrons. The van der Waals surface area contributed by atoms with Gasteiger partial charge in [0.05, 0.1) is 0 Å². The minimum atomic E-state index is 0.659. The summed E-state index contributed by atoms with van der Waals surface area (Å²) in [6.07, 6.45) is 4.22. The second-order valence-electron chi connectivity index (χ2n) is 5.32. The van der Waals surface area contributed by atoms with Crippen LogP contribution in [0.4, 0.5) is 5.69 Å². The number of aromatic nitrogens is 1. The van der Waals surface area contributed by atoms with Crippen LogP contribution in [0, 0.1) is 6.92 Å². The summed E-state index contributed by atoms with van der Waals surface area (Å²) in [7, 11) is 0. The van der Waals surface area contributed by atoms with Gasteiger partial charge in [0.25, 0.3) is 0 Å². The molecule has 1 fully saturated rings. The summed E-state index contributed by atoms with van der Waals surface area (Å²) in [6.45, 7) is 9.59. The summed E-state index contributed by atoms with van der Waals surface area (Å²) in [6, 6.07) is 4.94. The summed E-state index contributed by atoms with van der Waals surface area (Å²) in [5, 5.41) is 0. The molecule has 4 nitrogen and oxygen atoms in total. The number of nitrogens with zero attached hydrogens (tertiary/aromatic N) is 3. The number of pyridine rings is 1. The monoisotopic (exact) mass is 262 g/mol. The molecule has 2 N–H and O–H groups in total. The lowest BCUT2D eigenvalue weighted by Gasteiger charge is -2.40. The average molecular weight is 262 g/mol. The van der Waals surface area contributed by atoms with Crippen molar-refractivity contribution in [1.29, 1.82) is 0 Å². The lowest BCUT2D eigenvalue weighted by atomic mass is 10.1. The highest BCUT2D eigenvalue weighted by Gasteiger charge is 2.22. The Morgan fingerprint density at radius 1 is 1.32 bits per heavy atom. The van der Waals surface area contributed by atoms with Gasteiger partial charge in [-0.1, -0.05) is 6.92 Å². The highest BCUT2D eigenvalue weighted by atomic mass is 15.3. The first kappa shape index (κ1) is 14.3. The quantitative estimate of drug-likeness (QED) is 0.876. The average Bonchev–Trinajstić information content (AvgIpc) is 2.45. The van der Waals surface area contributed by atoms with E-state index in [-0.39, 0.29) is 0 Å². The van der Waals surface area contributed by atoms with E-state index in [0.29, 0.717) is 6.04 Å². The Balaban J connectivity index is 1.91. The fourth-order valence-corrected chi connectivity index (χ4v) is 2.91. The van der Waals surface area contributed by atoms with Gasteiger partial charge in [-0.25, -0.2) is 0 Å². The van der Waals surface area contributed by atoms with Crippen LogP contribution in [-0.2, 0) is 0 Å². The predicted molar refractivity (Wildman–Crippen MR) is 80.5 cm³/mol. The zero-order valence-corrected chi connectivity index (χ0v) is 12.2. The summed E-state index contributed by atoms with van der Waals surface area (Å²) in [5.74, 6) is 0. The summed E-state index contributed by atoms with van der Waals surface area (Å²) >= 11 is 0. The molecule has 1 aliphatic heterocycles. The SMILES string of the molecule is CCC(CCN)N1CCN(c2ccnc(C)c2)CC1. The third-order valence-electron chi connectivity index (χ3n) is 4.05. The summed E-state index contributed by atoms with van der Waals surface area (Å²) in [5.41, 5.74) is 8.10. The van der Waals surface area contributed by atoms with E-state index in [4.69, 9.17) is 5.73 Å². The topological polar surface area (TPSA) is 45.4 Å². The van der Waals surface area contributed by atoms with E-state index in [1.165, 1.54) is 12.1 Å². The van der Waals surface area contributed by atoms with Crippen LogP contribution in [0.25, 0.3) is 0 Å². The number of rotatable bonds is 5. The second-order valence-corrected chi connectivity index (χ2v) is 5.32. The molecule has 1 saturated heterocycles. The normalized spacial score (nSPS) is 18.6. The van der Waals surface area contributed by atoms with Gasteiger partial charge in [-0.3, -0.25) is 9.88 Å². The van der Waals surface area contributed by atoms with E-state index in [2.05, 4.69) is 33.8 Å². The largest absolute Gasteiger partial charge is 0.369 e. The van der Waals surface area contributed by atoms with Crippen molar-refractivity contribution in [2.24, 2.45) is 5.73 Å². The van der Waals surface area contributed by atoms with Gasteiger partial charge in [-0.2, -0.15) is 0 Å². The Hall–Kier alpha value is -1.13. The van der Waals surface area contributed by atoms with Crippen LogP contribution in [0.15, 0.2) is 18.3 Å². The van der Waals surface area contributed by atoms with E-state index < -0.39 is 0 Å². The van der Waals surface area contributed by atoms with Gasteiger partial charge in [-0.05, 0) is 38.4 Å². The first-order valence-corrected chi connectivity index (χ1v) is 7.36. The van der Waals surface area contributed by atoms with E-state index in [1.807, 2.05) is 13.1 Å². The Morgan fingerprint density at radius 3 is 2.63 bits per heavy atom. The van der Waals surface area contributed by atoms with Crippen LogP contribution in [0.2, 0.25) is 0 Å². The third kappa shape index (κ3) is 3.67. The molecule has 19 heavy (non-hydrogen) atoms. The zero-order valence-electron chi connectivity index (χ0n) is 12.2. The lowest BCUT2D eigenvalue weighted by Crippen LogP contribution is -2.50. The number of hydrogen-bond acceptors (Lipinski definition) is 4. The molecule has 0 aliphatic carbocycles. The van der Waals surface area contributed by atoms with Gasteiger partial charge < -0.3 is 10.6 Å². The van der Waals surface area contributed by atoms with Crippen LogP contribution in [-0.4, -0.2) is 48.6 Å². The predicted octanol–water partition coefficient (Wildman–Crippen LogP) is 1.64. The highest BCUT2D eigenvalue weighted by Crippen LogP contribution is 2.18. The third-order valence-corrected chi connectivity index (χ3v) is 4.05. The van der Waals surface area contributed by atoms with Gasteiger partial charge in [0.15, 0.2) is 0 Å². The Labute approximate surface area is 116 Å². The van der Waals surface area contributed by atoms with Crippen molar-refractivity contribution < 1.29 is 0 Å². The van der Waals surface area contributed by atoms with Crippen molar-refractivity contribution in [3.8, 4) is 0 Å². The van der Waals surface area contributed by atoms with Crippen LogP contribution < -0.4 is 10.6 Å². The molecule has 0 bridgehead atoms. The number of nitrogens with two attached hydrogens (primary N) is 1. The molecule has 2 heterocycles. The Kier molecular flexibility index (Phi) is 5.16. The Bertz CT molecular complexity index is 385. The number of hydrogen-bond donors (Lipinski definition) is 1. The molecule has 106 valence electrons. The zero-order chi connectivity index (χ0) is 13.7. The number of piperazine rings is 1. The smallest absolute Gasteiger partial charge is 0.0400 e. The van der Waals surface area contributed by atoms with E-state index >= 15 is 0 Å². The fraction of sp³-hybridized carbons (Fsp3) is 0.667. The van der Waals surface area contributed by atoms with Crippen LogP contribution in [0.3, 0.4) is 0 Å². The van der Waals surface area contributed by atoms with E-state index in [9.17, 15) is 0 Å². The minimum absolute atomic E-state index is 0.659. The lowest BCUT2D eigenvalue weighted by molar-refractivity contribution is 0.173. The maximum atomic E-state index is 5.70. The van der Waals surface area contributed by atoms with E-state index in [0.717, 1.165) is 44.8 Å². The van der Waals surface area contributed by atoms with Crippen molar-refractivity contribution in [3.63, 3.8) is 0 Å². The highest BCUT2D eigenvalue weighted by molar-refractivity contribution is 5.46. The standard InChI is InChI=1S/C15H26N4/c1-3-14(4-6-16)18-8-10-19(11-9-18)15-5-7-17-13(2)12-15/h5,7,12,14H,3-4,6,8-11,16H2,1-2H3. The molecule has 0 amide bonds. The maximum Gasteiger partial charge on any atom is 0.0400 e. The molecule has 0 saturated carbocycles. The van der Waals surface area contributed by atoms with Crippen molar-refractivity contribution >= 4 is 5.69 Å². The maximum absolute atomic E-state index is 5.70. The van der Waals surface area contributed by atoms with Gasteiger partial charge in [0.2, 0.25) is 0 Å². The summed E-state index contributed by atoms with van der Waals surface area (Å²) < 4.78 is 0. The van der Waals surface area contributed by atoms with Crippen molar-refractivity contribution in [3.05, 3.63) is 24.0 Å². The molecule has 0 spiro atoms. The molecule has 1 atom stereocenters.